The van der Waals surface area contributed by atoms with Crippen LogP contribution in [0.5, 0.6) is 0 Å². The van der Waals surface area contributed by atoms with E-state index in [9.17, 15) is 0 Å². The smallest absolute Gasteiger partial charge is 0.113 e. The average Bonchev–Trinajstić information content (AvgIpc) is 2.76. The Balaban J connectivity index is 1.87. The first kappa shape index (κ1) is 11.4. The summed E-state index contributed by atoms with van der Waals surface area (Å²) in [5.74, 6) is 4.52. The predicted molar refractivity (Wildman–Crippen MR) is 74.0 cm³/mol. The third-order valence-electron chi connectivity index (χ3n) is 3.32. The molecule has 1 unspecified atom stereocenters. The molecule has 90 valence electrons. The van der Waals surface area contributed by atoms with Crippen molar-refractivity contribution in [1.82, 2.24) is 9.38 Å². The fraction of sp³-hybridized carbons (Fsp3) is 0.462. The molecule has 0 spiro atoms. The van der Waals surface area contributed by atoms with E-state index in [4.69, 9.17) is 11.6 Å². The van der Waals surface area contributed by atoms with Gasteiger partial charge in [0.05, 0.1) is 16.7 Å². The minimum absolute atomic E-state index is 0.776. The molecule has 1 aliphatic heterocycles. The van der Waals surface area contributed by atoms with Gasteiger partial charge in [0, 0.05) is 12.6 Å². The van der Waals surface area contributed by atoms with Crippen molar-refractivity contribution in [3.05, 3.63) is 35.4 Å². The van der Waals surface area contributed by atoms with E-state index in [1.54, 1.807) is 0 Å². The molecule has 0 bridgehead atoms. The molecule has 0 aliphatic carbocycles. The van der Waals surface area contributed by atoms with Crippen molar-refractivity contribution in [3.8, 4) is 0 Å². The van der Waals surface area contributed by atoms with Gasteiger partial charge in [-0.2, -0.15) is 11.8 Å². The second kappa shape index (κ2) is 4.91. The van der Waals surface area contributed by atoms with E-state index in [1.165, 1.54) is 24.3 Å². The molecule has 1 saturated heterocycles. The third kappa shape index (κ3) is 2.31. The molecule has 3 rings (SSSR count). The van der Waals surface area contributed by atoms with Crippen molar-refractivity contribution in [2.45, 2.75) is 19.3 Å². The van der Waals surface area contributed by atoms with Crippen molar-refractivity contribution in [2.75, 3.05) is 11.5 Å². The fourth-order valence-electron chi connectivity index (χ4n) is 2.42. The number of rotatable bonds is 2. The zero-order valence-electron chi connectivity index (χ0n) is 9.60. The number of halogens is 1. The predicted octanol–water partition coefficient (Wildman–Crippen LogP) is 3.67. The van der Waals surface area contributed by atoms with Gasteiger partial charge in [-0.3, -0.25) is 0 Å². The number of hydrogen-bond acceptors (Lipinski definition) is 2. The normalized spacial score (nSPS) is 20.9. The molecule has 2 aromatic rings. The Hall–Kier alpha value is -0.670. The first-order valence-electron chi connectivity index (χ1n) is 6.03. The highest BCUT2D eigenvalue weighted by molar-refractivity contribution is 7.99. The minimum Gasteiger partial charge on any atom is -0.302 e. The Morgan fingerprint density at radius 1 is 1.53 bits per heavy atom. The van der Waals surface area contributed by atoms with E-state index in [2.05, 4.69) is 27.3 Å². The Morgan fingerprint density at radius 3 is 3.29 bits per heavy atom. The van der Waals surface area contributed by atoms with Crippen LogP contribution in [0.15, 0.2) is 24.5 Å². The average molecular weight is 267 g/mol. The van der Waals surface area contributed by atoms with Crippen LogP contribution in [-0.2, 0) is 6.42 Å². The Bertz CT molecular complexity index is 517. The molecule has 0 amide bonds. The highest BCUT2D eigenvalue weighted by Gasteiger charge is 2.17. The molecule has 3 heterocycles. The second-order valence-corrected chi connectivity index (χ2v) is 6.13. The summed E-state index contributed by atoms with van der Waals surface area (Å²) in [4.78, 5) is 4.52. The van der Waals surface area contributed by atoms with Gasteiger partial charge in [-0.25, -0.2) is 4.98 Å². The molecule has 4 heteroatoms. The summed E-state index contributed by atoms with van der Waals surface area (Å²) in [5.41, 5.74) is 1.02. The van der Waals surface area contributed by atoms with Crippen molar-refractivity contribution in [2.24, 2.45) is 5.92 Å². The van der Waals surface area contributed by atoms with Gasteiger partial charge in [0.15, 0.2) is 0 Å². The zero-order chi connectivity index (χ0) is 11.7. The molecule has 17 heavy (non-hydrogen) atoms. The van der Waals surface area contributed by atoms with Gasteiger partial charge in [0.25, 0.3) is 0 Å². The monoisotopic (exact) mass is 266 g/mol. The summed E-state index contributed by atoms with van der Waals surface area (Å²) in [6.45, 7) is 0. The lowest BCUT2D eigenvalue weighted by molar-refractivity contribution is 0.507. The number of thioether (sulfide) groups is 1. The molecule has 0 saturated carbocycles. The van der Waals surface area contributed by atoms with Crippen LogP contribution in [0.4, 0.5) is 0 Å². The van der Waals surface area contributed by atoms with Crippen molar-refractivity contribution in [3.63, 3.8) is 0 Å². The first-order chi connectivity index (χ1) is 8.34. The highest BCUT2D eigenvalue weighted by Crippen LogP contribution is 2.26. The lowest BCUT2D eigenvalue weighted by Gasteiger charge is -2.20. The fourth-order valence-corrected chi connectivity index (χ4v) is 3.79. The van der Waals surface area contributed by atoms with Gasteiger partial charge in [-0.1, -0.05) is 11.6 Å². The van der Waals surface area contributed by atoms with E-state index >= 15 is 0 Å². The van der Waals surface area contributed by atoms with E-state index in [1.807, 2.05) is 18.3 Å². The van der Waals surface area contributed by atoms with Crippen molar-refractivity contribution in [1.29, 1.82) is 0 Å². The summed E-state index contributed by atoms with van der Waals surface area (Å²) in [7, 11) is 0. The lowest BCUT2D eigenvalue weighted by Crippen LogP contribution is -2.14. The Kier molecular flexibility index (Phi) is 3.30. The minimum atomic E-state index is 0.776. The first-order valence-corrected chi connectivity index (χ1v) is 7.56. The summed E-state index contributed by atoms with van der Waals surface area (Å²) >= 11 is 8.22. The molecular weight excluding hydrogens is 252 g/mol. The van der Waals surface area contributed by atoms with E-state index in [0.29, 0.717) is 0 Å². The SMILES string of the molecule is Clc1cccn2c(CC3CCCSC3)ncc12. The lowest BCUT2D eigenvalue weighted by atomic mass is 10.0. The van der Waals surface area contributed by atoms with Crippen LogP contribution in [0.3, 0.4) is 0 Å². The van der Waals surface area contributed by atoms with Gasteiger partial charge in [-0.15, -0.1) is 0 Å². The Labute approximate surface area is 110 Å². The van der Waals surface area contributed by atoms with Gasteiger partial charge >= 0.3 is 0 Å². The second-order valence-electron chi connectivity index (χ2n) is 4.57. The van der Waals surface area contributed by atoms with Gasteiger partial charge in [0.1, 0.15) is 5.82 Å². The standard InChI is InChI=1S/C13H15ClN2S/c14-11-4-1-5-16-12(11)8-15-13(16)7-10-3-2-6-17-9-10/h1,4-5,8,10H,2-3,6-7,9H2. The topological polar surface area (TPSA) is 17.3 Å². The number of pyridine rings is 1. The van der Waals surface area contributed by atoms with E-state index in [-0.39, 0.29) is 0 Å². The van der Waals surface area contributed by atoms with Gasteiger partial charge in [-0.05, 0) is 42.4 Å². The number of aromatic nitrogens is 2. The molecule has 0 radical (unpaired) electrons. The quantitative estimate of drug-likeness (QED) is 0.825. The van der Waals surface area contributed by atoms with Crippen LogP contribution in [0.2, 0.25) is 5.02 Å². The van der Waals surface area contributed by atoms with Crippen LogP contribution in [-0.4, -0.2) is 20.9 Å². The molecule has 2 nitrogen and oxygen atoms in total. The summed E-state index contributed by atoms with van der Waals surface area (Å²) in [6.07, 6.45) is 7.69. The van der Waals surface area contributed by atoms with Crippen LogP contribution >= 0.6 is 23.4 Å². The van der Waals surface area contributed by atoms with Crippen molar-refractivity contribution < 1.29 is 0 Å². The molecule has 1 aliphatic rings. The summed E-state index contributed by atoms with van der Waals surface area (Å²) in [6, 6.07) is 3.90. The highest BCUT2D eigenvalue weighted by atomic mass is 35.5. The number of nitrogens with zero attached hydrogens (tertiary/aromatic N) is 2. The maximum atomic E-state index is 6.15. The number of hydrogen-bond donors (Lipinski definition) is 0. The van der Waals surface area contributed by atoms with E-state index in [0.717, 1.165) is 28.7 Å². The maximum absolute atomic E-state index is 6.15. The third-order valence-corrected chi connectivity index (χ3v) is 4.93. The van der Waals surface area contributed by atoms with Crippen LogP contribution < -0.4 is 0 Å². The number of fused-ring (bicyclic) bond motifs is 1. The van der Waals surface area contributed by atoms with Gasteiger partial charge < -0.3 is 4.40 Å². The van der Waals surface area contributed by atoms with Crippen LogP contribution in [0.1, 0.15) is 18.7 Å². The maximum Gasteiger partial charge on any atom is 0.113 e. The van der Waals surface area contributed by atoms with Crippen molar-refractivity contribution >= 4 is 28.9 Å². The van der Waals surface area contributed by atoms with Gasteiger partial charge in [0.2, 0.25) is 0 Å². The largest absolute Gasteiger partial charge is 0.302 e. The van der Waals surface area contributed by atoms with Crippen LogP contribution in [0, 0.1) is 5.92 Å². The molecule has 0 aromatic carbocycles. The Morgan fingerprint density at radius 2 is 2.47 bits per heavy atom. The number of imidazole rings is 1. The zero-order valence-corrected chi connectivity index (χ0v) is 11.2. The molecule has 2 aromatic heterocycles. The molecule has 1 fully saturated rings. The molecule has 0 N–H and O–H groups in total. The summed E-state index contributed by atoms with van der Waals surface area (Å²) in [5, 5.41) is 0.782. The van der Waals surface area contributed by atoms with Crippen LogP contribution in [0.25, 0.3) is 5.52 Å². The van der Waals surface area contributed by atoms with E-state index < -0.39 is 0 Å². The summed E-state index contributed by atoms with van der Waals surface area (Å²) < 4.78 is 2.13. The molecular formula is C13H15ClN2S. The molecule has 1 atom stereocenters.